The van der Waals surface area contributed by atoms with Gasteiger partial charge in [-0.05, 0) is 73.4 Å². The standard InChI is InChI=1S/C30H34ClN3O2/c1-7-30(3,4)20-10-14-25-23(16-20)28(24-17-22(35-5)13-15-26(24)36-6)32-29-27(18(2)33-34(25)29)19-8-11-21(31)12-9-19/h8-9,11-13,15,17,20H,7,10,14,16H2,1-6H3. The van der Waals surface area contributed by atoms with Crippen molar-refractivity contribution in [3.63, 3.8) is 0 Å². The van der Waals surface area contributed by atoms with Gasteiger partial charge in [-0.1, -0.05) is 50.9 Å². The van der Waals surface area contributed by atoms with Crippen molar-refractivity contribution in [2.45, 2.75) is 53.4 Å². The molecule has 0 saturated heterocycles. The number of rotatable bonds is 6. The molecule has 2 heterocycles. The van der Waals surface area contributed by atoms with E-state index in [1.807, 2.05) is 42.5 Å². The van der Waals surface area contributed by atoms with E-state index in [1.165, 1.54) is 11.3 Å². The monoisotopic (exact) mass is 503 g/mol. The zero-order valence-corrected chi connectivity index (χ0v) is 22.7. The van der Waals surface area contributed by atoms with Crippen LogP contribution in [0.5, 0.6) is 11.5 Å². The highest BCUT2D eigenvalue weighted by Crippen LogP contribution is 2.45. The molecule has 0 aliphatic heterocycles. The first-order valence-corrected chi connectivity index (χ1v) is 13.0. The molecular weight excluding hydrogens is 470 g/mol. The topological polar surface area (TPSA) is 48.7 Å². The summed E-state index contributed by atoms with van der Waals surface area (Å²) in [7, 11) is 3.40. The van der Waals surface area contributed by atoms with Gasteiger partial charge in [0.15, 0.2) is 5.65 Å². The molecule has 188 valence electrons. The van der Waals surface area contributed by atoms with Gasteiger partial charge in [0.05, 0.1) is 25.6 Å². The van der Waals surface area contributed by atoms with Gasteiger partial charge in [0.2, 0.25) is 0 Å². The second-order valence-electron chi connectivity index (χ2n) is 10.4. The molecule has 4 aromatic rings. The fourth-order valence-electron chi connectivity index (χ4n) is 5.51. The summed E-state index contributed by atoms with van der Waals surface area (Å²) in [5, 5.41) is 5.72. The quantitative estimate of drug-likeness (QED) is 0.272. The zero-order chi connectivity index (χ0) is 25.6. The maximum atomic E-state index is 6.19. The largest absolute Gasteiger partial charge is 0.497 e. The molecule has 0 saturated carbocycles. The van der Waals surface area contributed by atoms with Crippen LogP contribution in [0, 0.1) is 18.3 Å². The summed E-state index contributed by atoms with van der Waals surface area (Å²) in [5.41, 5.74) is 8.57. The second kappa shape index (κ2) is 9.44. The maximum absolute atomic E-state index is 6.19. The van der Waals surface area contributed by atoms with Crippen LogP contribution in [0.4, 0.5) is 0 Å². The van der Waals surface area contributed by atoms with Crippen LogP contribution in [0.3, 0.4) is 0 Å². The van der Waals surface area contributed by atoms with Crippen LogP contribution in [0.2, 0.25) is 5.02 Å². The zero-order valence-electron chi connectivity index (χ0n) is 22.0. The van der Waals surface area contributed by atoms with Crippen LogP contribution in [-0.2, 0) is 12.8 Å². The number of fused-ring (bicyclic) bond motifs is 3. The van der Waals surface area contributed by atoms with E-state index in [-0.39, 0.29) is 5.41 Å². The van der Waals surface area contributed by atoms with Crippen molar-refractivity contribution in [2.75, 3.05) is 14.2 Å². The number of hydrogen-bond donors (Lipinski definition) is 0. The Labute approximate surface area is 218 Å². The molecule has 2 aromatic carbocycles. The number of benzene rings is 2. The number of ether oxygens (including phenoxy) is 2. The number of nitrogens with zero attached hydrogens (tertiary/aromatic N) is 3. The van der Waals surface area contributed by atoms with Gasteiger partial charge in [-0.25, -0.2) is 9.50 Å². The Morgan fingerprint density at radius 1 is 1.08 bits per heavy atom. The van der Waals surface area contributed by atoms with Gasteiger partial charge in [-0.3, -0.25) is 0 Å². The lowest BCUT2D eigenvalue weighted by molar-refractivity contribution is 0.181. The smallest absolute Gasteiger partial charge is 0.164 e. The molecule has 5 rings (SSSR count). The van der Waals surface area contributed by atoms with Gasteiger partial charge in [0.25, 0.3) is 0 Å². The molecule has 1 atom stereocenters. The van der Waals surface area contributed by atoms with Crippen molar-refractivity contribution in [1.29, 1.82) is 0 Å². The summed E-state index contributed by atoms with van der Waals surface area (Å²) in [6, 6.07) is 13.8. The molecule has 2 aromatic heterocycles. The van der Waals surface area contributed by atoms with Crippen molar-refractivity contribution in [2.24, 2.45) is 11.3 Å². The lowest BCUT2D eigenvalue weighted by atomic mass is 9.68. The van der Waals surface area contributed by atoms with Gasteiger partial charge in [-0.15, -0.1) is 0 Å². The number of halogens is 1. The molecule has 5 nitrogen and oxygen atoms in total. The summed E-state index contributed by atoms with van der Waals surface area (Å²) in [4.78, 5) is 5.34. The van der Waals surface area contributed by atoms with Crippen molar-refractivity contribution < 1.29 is 9.47 Å². The third kappa shape index (κ3) is 4.13. The van der Waals surface area contributed by atoms with Crippen LogP contribution in [-0.4, -0.2) is 28.8 Å². The van der Waals surface area contributed by atoms with Gasteiger partial charge in [-0.2, -0.15) is 5.10 Å². The predicted octanol–water partition coefficient (Wildman–Crippen LogP) is 7.58. The van der Waals surface area contributed by atoms with Crippen molar-refractivity contribution >= 4 is 17.2 Å². The number of aromatic nitrogens is 3. The molecule has 0 N–H and O–H groups in total. The fraction of sp³-hybridized carbons (Fsp3) is 0.400. The van der Waals surface area contributed by atoms with Gasteiger partial charge in [0.1, 0.15) is 11.5 Å². The highest BCUT2D eigenvalue weighted by atomic mass is 35.5. The SMILES string of the molecule is CCC(C)(C)C1CCc2c(c(-c3cc(OC)ccc3OC)nc3c(-c4ccc(Cl)cc4)c(C)nn23)C1. The van der Waals surface area contributed by atoms with Crippen LogP contribution in [0.15, 0.2) is 42.5 Å². The Morgan fingerprint density at radius 2 is 1.83 bits per heavy atom. The molecular formula is C30H34ClN3O2. The van der Waals surface area contributed by atoms with Gasteiger partial charge >= 0.3 is 0 Å². The number of aryl methyl sites for hydroxylation is 2. The first-order chi connectivity index (χ1) is 17.3. The molecule has 0 bridgehead atoms. The van der Waals surface area contributed by atoms with Gasteiger partial charge < -0.3 is 9.47 Å². The minimum Gasteiger partial charge on any atom is -0.497 e. The van der Waals surface area contributed by atoms with E-state index in [4.69, 9.17) is 31.2 Å². The summed E-state index contributed by atoms with van der Waals surface area (Å²) in [5.74, 6) is 2.14. The third-order valence-electron chi connectivity index (χ3n) is 8.13. The molecule has 36 heavy (non-hydrogen) atoms. The Hall–Kier alpha value is -3.05. The van der Waals surface area contributed by atoms with E-state index in [2.05, 4.69) is 32.2 Å². The lowest BCUT2D eigenvalue weighted by Gasteiger charge is -2.37. The van der Waals surface area contributed by atoms with Crippen molar-refractivity contribution in [1.82, 2.24) is 14.6 Å². The van der Waals surface area contributed by atoms with E-state index in [1.54, 1.807) is 14.2 Å². The number of methoxy groups -OCH3 is 2. The Bertz CT molecular complexity index is 1420. The highest BCUT2D eigenvalue weighted by molar-refractivity contribution is 6.30. The second-order valence-corrected chi connectivity index (χ2v) is 10.9. The van der Waals surface area contributed by atoms with E-state index < -0.39 is 0 Å². The Kier molecular flexibility index (Phi) is 6.46. The minimum atomic E-state index is 0.247. The molecule has 1 unspecified atom stereocenters. The summed E-state index contributed by atoms with van der Waals surface area (Å²) >= 11 is 6.19. The van der Waals surface area contributed by atoms with Gasteiger partial charge in [0, 0.05) is 27.4 Å². The molecule has 0 amide bonds. The fourth-order valence-corrected chi connectivity index (χ4v) is 5.63. The molecule has 0 spiro atoms. The Morgan fingerprint density at radius 3 is 2.50 bits per heavy atom. The molecule has 1 aliphatic carbocycles. The summed E-state index contributed by atoms with van der Waals surface area (Å²) < 4.78 is 13.5. The van der Waals surface area contributed by atoms with E-state index in [9.17, 15) is 0 Å². The van der Waals surface area contributed by atoms with E-state index in [0.29, 0.717) is 10.9 Å². The summed E-state index contributed by atoms with van der Waals surface area (Å²) in [6.07, 6.45) is 4.20. The van der Waals surface area contributed by atoms with Crippen LogP contribution >= 0.6 is 11.6 Å². The predicted molar refractivity (Wildman–Crippen MR) is 146 cm³/mol. The maximum Gasteiger partial charge on any atom is 0.164 e. The summed E-state index contributed by atoms with van der Waals surface area (Å²) in [6.45, 7) is 9.12. The lowest BCUT2D eigenvalue weighted by Crippen LogP contribution is -2.30. The molecule has 6 heteroatoms. The molecule has 1 aliphatic rings. The average Bonchev–Trinajstić information content (AvgIpc) is 3.23. The molecule has 0 radical (unpaired) electrons. The first-order valence-electron chi connectivity index (χ1n) is 12.7. The number of hydrogen-bond acceptors (Lipinski definition) is 4. The van der Waals surface area contributed by atoms with Crippen LogP contribution in [0.1, 0.15) is 50.6 Å². The van der Waals surface area contributed by atoms with Crippen molar-refractivity contribution in [3.05, 3.63) is 64.4 Å². The van der Waals surface area contributed by atoms with E-state index in [0.717, 1.165) is 70.9 Å². The average molecular weight is 504 g/mol. The minimum absolute atomic E-state index is 0.247. The normalized spacial score (nSPS) is 15.7. The Balaban J connectivity index is 1.82. The third-order valence-corrected chi connectivity index (χ3v) is 8.39. The van der Waals surface area contributed by atoms with Crippen LogP contribution < -0.4 is 9.47 Å². The van der Waals surface area contributed by atoms with Crippen LogP contribution in [0.25, 0.3) is 28.0 Å². The van der Waals surface area contributed by atoms with E-state index >= 15 is 0 Å². The highest BCUT2D eigenvalue weighted by Gasteiger charge is 2.35. The van der Waals surface area contributed by atoms with Crippen molar-refractivity contribution in [3.8, 4) is 33.9 Å². The molecule has 0 fully saturated rings. The first kappa shape index (κ1) is 24.6.